The summed E-state index contributed by atoms with van der Waals surface area (Å²) in [6.45, 7) is 0.628. The molecular weight excluding hydrogens is 256 g/mol. The van der Waals surface area contributed by atoms with Gasteiger partial charge in [-0.05, 0) is 12.8 Å². The minimum absolute atomic E-state index is 0.0406. The van der Waals surface area contributed by atoms with Crippen LogP contribution < -0.4 is 0 Å². The number of carbonyl (C=O) groups is 1. The zero-order valence-electron chi connectivity index (χ0n) is 9.77. The largest absolute Gasteiger partial charge is 0.333 e. The molecule has 0 saturated heterocycles. The molecule has 5 heteroatoms. The molecule has 1 aliphatic carbocycles. The fraction of sp³-hybridized carbons (Fsp3) is 0.667. The average Bonchev–Trinajstić information content (AvgIpc) is 2.90. The van der Waals surface area contributed by atoms with Gasteiger partial charge in [-0.25, -0.2) is 4.98 Å². The zero-order valence-corrected chi connectivity index (χ0v) is 11.3. The predicted molar refractivity (Wildman–Crippen MR) is 70.7 cm³/mol. The summed E-state index contributed by atoms with van der Waals surface area (Å²) in [7, 11) is 0. The fourth-order valence-corrected chi connectivity index (χ4v) is 3.11. The first kappa shape index (κ1) is 12.8. The SMILES string of the molecule is O=C(c1cscn1)N(CCCl)C1CCCCC1. The van der Waals surface area contributed by atoms with Crippen LogP contribution in [-0.2, 0) is 0 Å². The molecular formula is C12H17ClN2OS. The molecule has 0 N–H and O–H groups in total. The van der Waals surface area contributed by atoms with Crippen molar-refractivity contribution in [2.24, 2.45) is 0 Å². The first-order chi connectivity index (χ1) is 8.33. The van der Waals surface area contributed by atoms with Crippen molar-refractivity contribution in [2.75, 3.05) is 12.4 Å². The maximum atomic E-state index is 12.3. The summed E-state index contributed by atoms with van der Waals surface area (Å²) in [6.07, 6.45) is 5.93. The molecule has 1 heterocycles. The highest BCUT2D eigenvalue weighted by molar-refractivity contribution is 7.07. The van der Waals surface area contributed by atoms with E-state index in [0.717, 1.165) is 12.8 Å². The van der Waals surface area contributed by atoms with E-state index in [2.05, 4.69) is 4.98 Å². The van der Waals surface area contributed by atoms with Gasteiger partial charge >= 0.3 is 0 Å². The topological polar surface area (TPSA) is 33.2 Å². The summed E-state index contributed by atoms with van der Waals surface area (Å²) in [5, 5.41) is 1.81. The van der Waals surface area contributed by atoms with Crippen molar-refractivity contribution >= 4 is 28.8 Å². The van der Waals surface area contributed by atoms with Gasteiger partial charge in [0.05, 0.1) is 5.51 Å². The molecule has 2 rings (SSSR count). The molecule has 0 aliphatic heterocycles. The van der Waals surface area contributed by atoms with E-state index in [0.29, 0.717) is 24.2 Å². The summed E-state index contributed by atoms with van der Waals surface area (Å²) < 4.78 is 0. The van der Waals surface area contributed by atoms with Gasteiger partial charge in [0.25, 0.3) is 5.91 Å². The van der Waals surface area contributed by atoms with Crippen molar-refractivity contribution in [3.63, 3.8) is 0 Å². The third-order valence-electron chi connectivity index (χ3n) is 3.25. The summed E-state index contributed by atoms with van der Waals surface area (Å²) in [5.74, 6) is 0.533. The number of hydrogen-bond acceptors (Lipinski definition) is 3. The second kappa shape index (κ2) is 6.36. The Bertz CT molecular complexity index is 349. The van der Waals surface area contributed by atoms with Gasteiger partial charge in [-0.15, -0.1) is 22.9 Å². The van der Waals surface area contributed by atoms with Crippen LogP contribution in [0.5, 0.6) is 0 Å². The highest BCUT2D eigenvalue weighted by Crippen LogP contribution is 2.24. The second-order valence-electron chi connectivity index (χ2n) is 4.35. The van der Waals surface area contributed by atoms with Gasteiger partial charge in [-0.2, -0.15) is 0 Å². The van der Waals surface area contributed by atoms with Crippen molar-refractivity contribution in [1.82, 2.24) is 9.88 Å². The molecule has 1 aromatic heterocycles. The van der Waals surface area contributed by atoms with Crippen LogP contribution in [0.25, 0.3) is 0 Å². The normalized spacial score (nSPS) is 17.0. The average molecular weight is 273 g/mol. The summed E-state index contributed by atoms with van der Waals surface area (Å²) in [4.78, 5) is 18.3. The van der Waals surface area contributed by atoms with Crippen LogP contribution >= 0.6 is 22.9 Å². The van der Waals surface area contributed by atoms with E-state index < -0.39 is 0 Å². The van der Waals surface area contributed by atoms with Crippen LogP contribution in [0.4, 0.5) is 0 Å². The zero-order chi connectivity index (χ0) is 12.1. The maximum absolute atomic E-state index is 12.3. The molecule has 1 saturated carbocycles. The number of thiazole rings is 1. The molecule has 0 aromatic carbocycles. The summed E-state index contributed by atoms with van der Waals surface area (Å²) in [6, 6.07) is 0.358. The van der Waals surface area contributed by atoms with Crippen molar-refractivity contribution in [2.45, 2.75) is 38.1 Å². The van der Waals surface area contributed by atoms with E-state index >= 15 is 0 Å². The molecule has 0 radical (unpaired) electrons. The number of hydrogen-bond donors (Lipinski definition) is 0. The van der Waals surface area contributed by atoms with Crippen molar-refractivity contribution in [1.29, 1.82) is 0 Å². The Morgan fingerprint density at radius 2 is 2.24 bits per heavy atom. The Morgan fingerprint density at radius 1 is 1.47 bits per heavy atom. The molecule has 3 nitrogen and oxygen atoms in total. The Hall–Kier alpha value is -0.610. The lowest BCUT2D eigenvalue weighted by atomic mass is 9.94. The van der Waals surface area contributed by atoms with Gasteiger partial charge in [0.15, 0.2) is 0 Å². The van der Waals surface area contributed by atoms with Gasteiger partial charge in [-0.1, -0.05) is 19.3 Å². The lowest BCUT2D eigenvalue weighted by Crippen LogP contribution is -2.42. The number of rotatable bonds is 4. The molecule has 1 fully saturated rings. The standard InChI is InChI=1S/C12H17ClN2OS/c13-6-7-15(10-4-2-1-3-5-10)12(16)11-8-17-9-14-11/h8-10H,1-7H2. The minimum Gasteiger partial charge on any atom is -0.333 e. The quantitative estimate of drug-likeness (QED) is 0.789. The maximum Gasteiger partial charge on any atom is 0.273 e. The van der Waals surface area contributed by atoms with Crippen molar-refractivity contribution in [3.8, 4) is 0 Å². The van der Waals surface area contributed by atoms with Gasteiger partial charge in [0.2, 0.25) is 0 Å². The summed E-state index contributed by atoms with van der Waals surface area (Å²) in [5.41, 5.74) is 2.26. The fourth-order valence-electron chi connectivity index (χ4n) is 2.40. The Balaban J connectivity index is 2.07. The number of halogens is 1. The van der Waals surface area contributed by atoms with Crippen molar-refractivity contribution in [3.05, 3.63) is 16.6 Å². The van der Waals surface area contributed by atoms with E-state index in [1.165, 1.54) is 30.6 Å². The third kappa shape index (κ3) is 3.19. The molecule has 1 amide bonds. The Labute approximate surface area is 111 Å². The Morgan fingerprint density at radius 3 is 2.82 bits per heavy atom. The molecule has 0 spiro atoms. The first-order valence-electron chi connectivity index (χ1n) is 6.08. The molecule has 0 atom stereocenters. The van der Waals surface area contributed by atoms with Gasteiger partial charge < -0.3 is 4.90 Å². The lowest BCUT2D eigenvalue weighted by Gasteiger charge is -2.33. The predicted octanol–water partition coefficient (Wildman–Crippen LogP) is 3.16. The van der Waals surface area contributed by atoms with Crippen molar-refractivity contribution < 1.29 is 4.79 Å². The van der Waals surface area contributed by atoms with E-state index in [1.54, 1.807) is 5.51 Å². The van der Waals surface area contributed by atoms with Crippen LogP contribution in [-0.4, -0.2) is 34.3 Å². The van der Waals surface area contributed by atoms with E-state index in [9.17, 15) is 4.79 Å². The number of alkyl halides is 1. The lowest BCUT2D eigenvalue weighted by molar-refractivity contribution is 0.0644. The van der Waals surface area contributed by atoms with Crippen LogP contribution in [0, 0.1) is 0 Å². The van der Waals surface area contributed by atoms with E-state index in [-0.39, 0.29) is 5.91 Å². The third-order valence-corrected chi connectivity index (χ3v) is 4.01. The second-order valence-corrected chi connectivity index (χ2v) is 5.45. The van der Waals surface area contributed by atoms with Crippen LogP contribution in [0.2, 0.25) is 0 Å². The summed E-state index contributed by atoms with van der Waals surface area (Å²) >= 11 is 7.27. The van der Waals surface area contributed by atoms with Crippen LogP contribution in [0.1, 0.15) is 42.6 Å². The van der Waals surface area contributed by atoms with Gasteiger partial charge in [0, 0.05) is 23.8 Å². The number of nitrogens with zero attached hydrogens (tertiary/aromatic N) is 2. The molecule has 94 valence electrons. The van der Waals surface area contributed by atoms with Crippen LogP contribution in [0.3, 0.4) is 0 Å². The molecule has 1 aromatic rings. The van der Waals surface area contributed by atoms with Gasteiger partial charge in [-0.3, -0.25) is 4.79 Å². The minimum atomic E-state index is 0.0406. The highest BCUT2D eigenvalue weighted by atomic mass is 35.5. The number of carbonyl (C=O) groups excluding carboxylic acids is 1. The van der Waals surface area contributed by atoms with E-state index in [4.69, 9.17) is 11.6 Å². The molecule has 1 aliphatic rings. The highest BCUT2D eigenvalue weighted by Gasteiger charge is 2.26. The monoisotopic (exact) mass is 272 g/mol. The molecule has 17 heavy (non-hydrogen) atoms. The molecule has 0 unspecified atom stereocenters. The van der Waals surface area contributed by atoms with Crippen LogP contribution in [0.15, 0.2) is 10.9 Å². The molecule has 0 bridgehead atoms. The number of amides is 1. The first-order valence-corrected chi connectivity index (χ1v) is 7.56. The number of aromatic nitrogens is 1. The smallest absolute Gasteiger partial charge is 0.273 e. The van der Waals surface area contributed by atoms with Gasteiger partial charge in [0.1, 0.15) is 5.69 Å². The Kier molecular flexibility index (Phi) is 4.80. The van der Waals surface area contributed by atoms with E-state index in [1.807, 2.05) is 10.3 Å².